The van der Waals surface area contributed by atoms with E-state index in [-0.39, 0.29) is 0 Å². The number of hydrogen-bond acceptors (Lipinski definition) is 4. The molecule has 3 aromatic rings. The summed E-state index contributed by atoms with van der Waals surface area (Å²) in [4.78, 5) is 11.7. The first-order valence-electron chi connectivity index (χ1n) is 11.2. The Morgan fingerprint density at radius 1 is 1.16 bits per heavy atom. The van der Waals surface area contributed by atoms with Gasteiger partial charge in [0.1, 0.15) is 18.1 Å². The quantitative estimate of drug-likeness (QED) is 0.422. The number of imidazole rings is 1. The van der Waals surface area contributed by atoms with Crippen LogP contribution in [0.4, 0.5) is 5.69 Å². The number of nitrogens with zero attached hydrogens (tertiary/aromatic N) is 4. The Morgan fingerprint density at radius 2 is 1.97 bits per heavy atom. The van der Waals surface area contributed by atoms with Gasteiger partial charge in [-0.15, -0.1) is 0 Å². The van der Waals surface area contributed by atoms with Crippen LogP contribution in [0.1, 0.15) is 24.7 Å². The van der Waals surface area contributed by atoms with E-state index in [0.29, 0.717) is 12.6 Å². The summed E-state index contributed by atoms with van der Waals surface area (Å²) in [5.41, 5.74) is 2.40. The van der Waals surface area contributed by atoms with E-state index in [1.165, 1.54) is 5.56 Å². The van der Waals surface area contributed by atoms with Crippen LogP contribution in [0.15, 0.2) is 72.0 Å². The van der Waals surface area contributed by atoms with Gasteiger partial charge in [0, 0.05) is 44.6 Å². The first-order valence-corrected chi connectivity index (χ1v) is 11.2. The molecule has 2 heterocycles. The summed E-state index contributed by atoms with van der Waals surface area (Å²) in [7, 11) is 1.72. The highest BCUT2D eigenvalue weighted by Crippen LogP contribution is 2.30. The third-order valence-corrected chi connectivity index (χ3v) is 5.68. The number of benzene rings is 2. The maximum atomic E-state index is 5.54. The normalized spacial score (nSPS) is 16.2. The number of aromatic nitrogens is 2. The van der Waals surface area contributed by atoms with Crippen molar-refractivity contribution in [2.24, 2.45) is 4.99 Å². The molecule has 7 nitrogen and oxygen atoms in total. The highest BCUT2D eigenvalue weighted by molar-refractivity contribution is 5.80. The Morgan fingerprint density at radius 3 is 2.78 bits per heavy atom. The SMILES string of the molecule is CCNC(=NCc1nccn1Cc1ccccc1)NC1CCN(c2ccccc2OC)C1. The lowest BCUT2D eigenvalue weighted by Gasteiger charge is -2.22. The molecule has 7 heteroatoms. The van der Waals surface area contributed by atoms with Crippen molar-refractivity contribution in [3.63, 3.8) is 0 Å². The first kappa shape index (κ1) is 21.7. The fourth-order valence-corrected chi connectivity index (χ4v) is 4.07. The minimum atomic E-state index is 0.321. The second-order valence-electron chi connectivity index (χ2n) is 7.90. The largest absolute Gasteiger partial charge is 0.495 e. The van der Waals surface area contributed by atoms with Crippen LogP contribution in [0.3, 0.4) is 0 Å². The Balaban J connectivity index is 1.39. The summed E-state index contributed by atoms with van der Waals surface area (Å²) < 4.78 is 7.69. The average Bonchev–Trinajstić information content (AvgIpc) is 3.48. The van der Waals surface area contributed by atoms with E-state index in [2.05, 4.69) is 68.4 Å². The van der Waals surface area contributed by atoms with Crippen LogP contribution < -0.4 is 20.3 Å². The van der Waals surface area contributed by atoms with Crippen LogP contribution in [0.5, 0.6) is 5.75 Å². The number of aliphatic imine (C=N–C) groups is 1. The maximum absolute atomic E-state index is 5.54. The Bertz CT molecular complexity index is 1020. The molecule has 0 saturated carbocycles. The van der Waals surface area contributed by atoms with Gasteiger partial charge in [-0.25, -0.2) is 9.98 Å². The van der Waals surface area contributed by atoms with E-state index in [4.69, 9.17) is 9.73 Å². The summed E-state index contributed by atoms with van der Waals surface area (Å²) >= 11 is 0. The zero-order valence-corrected chi connectivity index (χ0v) is 18.9. The monoisotopic (exact) mass is 432 g/mol. The molecule has 0 aliphatic carbocycles. The molecule has 32 heavy (non-hydrogen) atoms. The topological polar surface area (TPSA) is 66.7 Å². The van der Waals surface area contributed by atoms with Gasteiger partial charge in [-0.3, -0.25) is 0 Å². The van der Waals surface area contributed by atoms with Gasteiger partial charge in [-0.1, -0.05) is 42.5 Å². The second-order valence-corrected chi connectivity index (χ2v) is 7.90. The third kappa shape index (κ3) is 5.41. The average molecular weight is 433 g/mol. The highest BCUT2D eigenvalue weighted by atomic mass is 16.5. The van der Waals surface area contributed by atoms with Gasteiger partial charge in [0.15, 0.2) is 5.96 Å². The number of ether oxygens (including phenoxy) is 1. The number of rotatable bonds is 8. The van der Waals surface area contributed by atoms with Crippen molar-refractivity contribution in [3.05, 3.63) is 78.4 Å². The molecule has 2 N–H and O–H groups in total. The zero-order valence-electron chi connectivity index (χ0n) is 18.9. The molecule has 1 aliphatic rings. The molecule has 1 aliphatic heterocycles. The summed E-state index contributed by atoms with van der Waals surface area (Å²) in [5.74, 6) is 2.70. The predicted octanol–water partition coefficient (Wildman–Crippen LogP) is 3.27. The van der Waals surface area contributed by atoms with Crippen molar-refractivity contribution in [1.82, 2.24) is 20.2 Å². The van der Waals surface area contributed by atoms with Crippen molar-refractivity contribution in [2.45, 2.75) is 32.5 Å². The van der Waals surface area contributed by atoms with Crippen molar-refractivity contribution in [3.8, 4) is 5.75 Å². The van der Waals surface area contributed by atoms with E-state index >= 15 is 0 Å². The summed E-state index contributed by atoms with van der Waals surface area (Å²) in [6, 6.07) is 18.9. The minimum absolute atomic E-state index is 0.321. The molecule has 2 aromatic carbocycles. The lowest BCUT2D eigenvalue weighted by atomic mass is 10.2. The smallest absolute Gasteiger partial charge is 0.191 e. The summed E-state index contributed by atoms with van der Waals surface area (Å²) in [5, 5.41) is 6.98. The Kier molecular flexibility index (Phi) is 7.27. The molecule has 0 amide bonds. The van der Waals surface area contributed by atoms with Gasteiger partial charge >= 0.3 is 0 Å². The standard InChI is InChI=1S/C25H32N6O/c1-3-26-25(28-17-24-27-14-16-31(24)18-20-9-5-4-6-10-20)29-21-13-15-30(19-21)22-11-7-8-12-23(22)32-2/h4-12,14,16,21H,3,13,15,17-19H2,1-2H3,(H2,26,28,29). The number of hydrogen-bond donors (Lipinski definition) is 2. The molecule has 4 rings (SSSR count). The van der Waals surface area contributed by atoms with Crippen molar-refractivity contribution in [1.29, 1.82) is 0 Å². The molecule has 0 spiro atoms. The Hall–Kier alpha value is -3.48. The van der Waals surface area contributed by atoms with E-state index in [0.717, 1.165) is 55.8 Å². The number of para-hydroxylation sites is 2. The van der Waals surface area contributed by atoms with Gasteiger partial charge in [0.2, 0.25) is 0 Å². The van der Waals surface area contributed by atoms with Crippen LogP contribution in [0.2, 0.25) is 0 Å². The number of anilines is 1. The summed E-state index contributed by atoms with van der Waals surface area (Å²) in [6.07, 6.45) is 4.90. The molecule has 1 unspecified atom stereocenters. The number of nitrogens with one attached hydrogen (secondary N) is 2. The molecule has 1 atom stereocenters. The van der Waals surface area contributed by atoms with Crippen molar-refractivity contribution >= 4 is 11.6 Å². The van der Waals surface area contributed by atoms with Crippen molar-refractivity contribution < 1.29 is 4.74 Å². The van der Waals surface area contributed by atoms with Gasteiger partial charge in [0.05, 0.1) is 12.8 Å². The van der Waals surface area contributed by atoms with Crippen molar-refractivity contribution in [2.75, 3.05) is 31.6 Å². The maximum Gasteiger partial charge on any atom is 0.191 e. The number of guanidine groups is 1. The number of methoxy groups -OCH3 is 1. The molecular weight excluding hydrogens is 400 g/mol. The lowest BCUT2D eigenvalue weighted by Crippen LogP contribution is -2.44. The van der Waals surface area contributed by atoms with Crippen LogP contribution in [-0.4, -0.2) is 48.3 Å². The predicted molar refractivity (Wildman–Crippen MR) is 129 cm³/mol. The minimum Gasteiger partial charge on any atom is -0.495 e. The van der Waals surface area contributed by atoms with Crippen LogP contribution in [-0.2, 0) is 13.1 Å². The van der Waals surface area contributed by atoms with Crippen LogP contribution in [0.25, 0.3) is 0 Å². The van der Waals surface area contributed by atoms with Gasteiger partial charge in [-0.2, -0.15) is 0 Å². The molecular formula is C25H32N6O. The fraction of sp³-hybridized carbons (Fsp3) is 0.360. The molecule has 1 saturated heterocycles. The van der Waals surface area contributed by atoms with Gasteiger partial charge < -0.3 is 24.8 Å². The molecule has 0 radical (unpaired) electrons. The van der Waals surface area contributed by atoms with E-state index in [1.54, 1.807) is 7.11 Å². The van der Waals surface area contributed by atoms with Gasteiger partial charge in [0.25, 0.3) is 0 Å². The molecule has 1 fully saturated rings. The Labute approximate surface area is 190 Å². The third-order valence-electron chi connectivity index (χ3n) is 5.68. The van der Waals surface area contributed by atoms with Crippen LogP contribution in [0, 0.1) is 0 Å². The zero-order chi connectivity index (χ0) is 22.2. The lowest BCUT2D eigenvalue weighted by molar-refractivity contribution is 0.415. The highest BCUT2D eigenvalue weighted by Gasteiger charge is 2.25. The molecule has 0 bridgehead atoms. The fourth-order valence-electron chi connectivity index (χ4n) is 4.07. The van der Waals surface area contributed by atoms with E-state index in [9.17, 15) is 0 Å². The second kappa shape index (κ2) is 10.7. The van der Waals surface area contributed by atoms with Crippen LogP contribution >= 0.6 is 0 Å². The molecule has 168 valence electrons. The van der Waals surface area contributed by atoms with E-state index in [1.807, 2.05) is 30.6 Å². The first-order chi connectivity index (χ1) is 15.8. The summed E-state index contributed by atoms with van der Waals surface area (Å²) in [6.45, 7) is 6.12. The van der Waals surface area contributed by atoms with E-state index < -0.39 is 0 Å². The van der Waals surface area contributed by atoms with Gasteiger partial charge in [-0.05, 0) is 31.0 Å². The molecule has 1 aromatic heterocycles.